The van der Waals surface area contributed by atoms with E-state index in [2.05, 4.69) is 4.72 Å². The molecule has 0 bridgehead atoms. The van der Waals surface area contributed by atoms with Crippen LogP contribution in [0, 0.1) is 0 Å². The second-order valence-corrected chi connectivity index (χ2v) is 9.98. The van der Waals surface area contributed by atoms with Gasteiger partial charge in [0.15, 0.2) is 0 Å². The van der Waals surface area contributed by atoms with Crippen LogP contribution in [0.5, 0.6) is 0 Å². The van der Waals surface area contributed by atoms with Gasteiger partial charge in [-0.15, -0.1) is 0 Å². The van der Waals surface area contributed by atoms with Crippen LogP contribution in [0.25, 0.3) is 10.2 Å². The van der Waals surface area contributed by atoms with E-state index in [4.69, 9.17) is 0 Å². The Balaban J connectivity index is 1.49. The number of nitrogens with zero attached hydrogens (tertiary/aromatic N) is 2. The van der Waals surface area contributed by atoms with E-state index in [1.54, 1.807) is 22.8 Å². The Hall–Kier alpha value is -2.94. The number of rotatable bonds is 8. The predicted molar refractivity (Wildman–Crippen MR) is 127 cm³/mol. The third-order valence-corrected chi connectivity index (χ3v) is 7.47. The monoisotopic (exact) mass is 453 g/mol. The van der Waals surface area contributed by atoms with Crippen molar-refractivity contribution in [1.29, 1.82) is 0 Å². The minimum atomic E-state index is -3.67. The zero-order valence-electron chi connectivity index (χ0n) is 17.1. The number of thiazole rings is 1. The molecule has 1 heterocycles. The summed E-state index contributed by atoms with van der Waals surface area (Å²) >= 11 is 1.06. The molecule has 0 atom stereocenters. The highest BCUT2D eigenvalue weighted by Crippen LogP contribution is 2.22. The van der Waals surface area contributed by atoms with Gasteiger partial charge in [-0.2, -0.15) is 0 Å². The van der Waals surface area contributed by atoms with Crippen LogP contribution in [0.1, 0.15) is 5.56 Å². The molecule has 0 aliphatic heterocycles. The maximum Gasteiger partial charge on any atom is 0.308 e. The summed E-state index contributed by atoms with van der Waals surface area (Å²) < 4.78 is 30.5. The number of sulfonamides is 1. The van der Waals surface area contributed by atoms with E-state index in [0.29, 0.717) is 17.8 Å². The highest BCUT2D eigenvalue weighted by molar-refractivity contribution is 7.89. The molecule has 0 spiro atoms. The number of anilines is 1. The fourth-order valence-electron chi connectivity index (χ4n) is 3.37. The maximum absolute atomic E-state index is 12.8. The van der Waals surface area contributed by atoms with Crippen molar-refractivity contribution in [3.8, 4) is 0 Å². The van der Waals surface area contributed by atoms with Crippen molar-refractivity contribution in [2.24, 2.45) is 0 Å². The van der Waals surface area contributed by atoms with E-state index >= 15 is 0 Å². The Labute approximate surface area is 185 Å². The first-order valence-electron chi connectivity index (χ1n) is 9.87. The Morgan fingerprint density at radius 1 is 0.968 bits per heavy atom. The van der Waals surface area contributed by atoms with Gasteiger partial charge in [-0.25, -0.2) is 13.1 Å². The van der Waals surface area contributed by atoms with E-state index < -0.39 is 10.0 Å². The topological polar surface area (TPSA) is 71.4 Å². The molecule has 31 heavy (non-hydrogen) atoms. The molecule has 0 amide bonds. The summed E-state index contributed by atoms with van der Waals surface area (Å²) in [5, 5.41) is 0. The zero-order chi connectivity index (χ0) is 21.8. The van der Waals surface area contributed by atoms with Crippen LogP contribution in [0.15, 0.2) is 88.6 Å². The fourth-order valence-corrected chi connectivity index (χ4v) is 5.42. The largest absolute Gasteiger partial charge is 0.373 e. The molecule has 3 aromatic carbocycles. The number of fused-ring (bicyclic) bond motifs is 1. The van der Waals surface area contributed by atoms with E-state index in [0.717, 1.165) is 28.1 Å². The van der Waals surface area contributed by atoms with E-state index in [1.807, 2.05) is 72.6 Å². The Kier molecular flexibility index (Phi) is 6.22. The molecule has 8 heteroatoms. The second-order valence-electron chi connectivity index (χ2n) is 7.22. The van der Waals surface area contributed by atoms with Crippen molar-refractivity contribution in [3.63, 3.8) is 0 Å². The predicted octanol–water partition coefficient (Wildman–Crippen LogP) is 3.53. The van der Waals surface area contributed by atoms with Crippen molar-refractivity contribution in [2.75, 3.05) is 25.0 Å². The van der Waals surface area contributed by atoms with Gasteiger partial charge in [0.25, 0.3) is 0 Å². The van der Waals surface area contributed by atoms with E-state index in [9.17, 15) is 13.2 Å². The fraction of sp³-hybridized carbons (Fsp3) is 0.174. The molecule has 1 aromatic heterocycles. The molecule has 160 valence electrons. The third-order valence-electron chi connectivity index (χ3n) is 5.07. The summed E-state index contributed by atoms with van der Waals surface area (Å²) in [5.74, 6) is 0. The number of benzene rings is 3. The smallest absolute Gasteiger partial charge is 0.308 e. The van der Waals surface area contributed by atoms with Gasteiger partial charge in [0.2, 0.25) is 10.0 Å². The number of para-hydroxylation sites is 1. The molecule has 0 saturated carbocycles. The van der Waals surface area contributed by atoms with E-state index in [-0.39, 0.29) is 16.3 Å². The third kappa shape index (κ3) is 4.87. The Morgan fingerprint density at radius 2 is 1.65 bits per heavy atom. The number of hydrogen-bond donors (Lipinski definition) is 1. The normalized spacial score (nSPS) is 11.6. The SMILES string of the molecule is CN(CCNS(=O)(=O)c1ccc2c(c1)sc(=O)n2Cc1ccccc1)c1ccccc1. The molecule has 0 unspecified atom stereocenters. The number of aromatic nitrogens is 1. The minimum absolute atomic E-state index is 0.106. The van der Waals surface area contributed by atoms with Crippen molar-refractivity contribution < 1.29 is 8.42 Å². The second kappa shape index (κ2) is 9.05. The number of likely N-dealkylation sites (N-methyl/N-ethyl adjacent to an activating group) is 1. The quantitative estimate of drug-likeness (QED) is 0.443. The number of nitrogens with one attached hydrogen (secondary N) is 1. The molecule has 0 fully saturated rings. The van der Waals surface area contributed by atoms with Gasteiger partial charge in [-0.05, 0) is 35.9 Å². The van der Waals surface area contributed by atoms with Gasteiger partial charge < -0.3 is 4.90 Å². The molecule has 6 nitrogen and oxygen atoms in total. The standard InChI is InChI=1S/C23H23N3O3S2/c1-25(19-10-6-3-7-11-19)15-14-24-31(28,29)20-12-13-21-22(16-20)30-23(27)26(21)17-18-8-4-2-5-9-18/h2-13,16,24H,14-15,17H2,1H3. The number of hydrogen-bond acceptors (Lipinski definition) is 5. The minimum Gasteiger partial charge on any atom is -0.373 e. The summed E-state index contributed by atoms with van der Waals surface area (Å²) in [7, 11) is -1.75. The van der Waals surface area contributed by atoms with Gasteiger partial charge in [0.05, 0.1) is 21.7 Å². The van der Waals surface area contributed by atoms with Crippen LogP contribution in [0.4, 0.5) is 5.69 Å². The van der Waals surface area contributed by atoms with Crippen molar-refractivity contribution >= 4 is 37.3 Å². The average Bonchev–Trinajstić information content (AvgIpc) is 3.09. The first-order chi connectivity index (χ1) is 14.9. The van der Waals surface area contributed by atoms with Crippen LogP contribution < -0.4 is 14.5 Å². The van der Waals surface area contributed by atoms with Crippen LogP contribution in [0.2, 0.25) is 0 Å². The first-order valence-corrected chi connectivity index (χ1v) is 12.2. The molecular formula is C23H23N3O3S2. The molecule has 0 aliphatic rings. The van der Waals surface area contributed by atoms with E-state index in [1.165, 1.54) is 0 Å². The maximum atomic E-state index is 12.8. The van der Waals surface area contributed by atoms with Gasteiger partial charge in [-0.1, -0.05) is 59.9 Å². The Morgan fingerprint density at radius 3 is 2.35 bits per heavy atom. The first kappa shape index (κ1) is 21.3. The van der Waals surface area contributed by atoms with Gasteiger partial charge in [0.1, 0.15) is 0 Å². The van der Waals surface area contributed by atoms with Crippen LogP contribution in [-0.2, 0) is 16.6 Å². The molecular weight excluding hydrogens is 430 g/mol. The van der Waals surface area contributed by atoms with Crippen LogP contribution in [-0.4, -0.2) is 33.1 Å². The van der Waals surface area contributed by atoms with Crippen molar-refractivity contribution in [3.05, 3.63) is 94.1 Å². The van der Waals surface area contributed by atoms with Crippen LogP contribution >= 0.6 is 11.3 Å². The highest BCUT2D eigenvalue weighted by atomic mass is 32.2. The summed E-state index contributed by atoms with van der Waals surface area (Å²) in [5.41, 5.74) is 2.78. The Bertz CT molecular complexity index is 1330. The molecule has 0 aliphatic carbocycles. The van der Waals surface area contributed by atoms with Gasteiger partial charge in [0, 0.05) is 25.8 Å². The lowest BCUT2D eigenvalue weighted by atomic mass is 10.2. The lowest BCUT2D eigenvalue weighted by molar-refractivity contribution is 0.581. The van der Waals surface area contributed by atoms with Crippen LogP contribution in [0.3, 0.4) is 0 Å². The molecule has 0 radical (unpaired) electrons. The summed E-state index contributed by atoms with van der Waals surface area (Å²) in [6, 6.07) is 24.3. The summed E-state index contributed by atoms with van der Waals surface area (Å²) in [4.78, 5) is 14.5. The van der Waals surface area contributed by atoms with Gasteiger partial charge in [-0.3, -0.25) is 9.36 Å². The molecule has 4 rings (SSSR count). The zero-order valence-corrected chi connectivity index (χ0v) is 18.7. The molecule has 1 N–H and O–H groups in total. The van der Waals surface area contributed by atoms with Crippen molar-refractivity contribution in [1.82, 2.24) is 9.29 Å². The lowest BCUT2D eigenvalue weighted by Crippen LogP contribution is -2.33. The van der Waals surface area contributed by atoms with Crippen molar-refractivity contribution in [2.45, 2.75) is 11.4 Å². The summed E-state index contributed by atoms with van der Waals surface area (Å²) in [6.07, 6.45) is 0. The average molecular weight is 454 g/mol. The summed E-state index contributed by atoms with van der Waals surface area (Å²) in [6.45, 7) is 1.26. The molecule has 0 saturated heterocycles. The highest BCUT2D eigenvalue weighted by Gasteiger charge is 2.17. The molecule has 4 aromatic rings. The van der Waals surface area contributed by atoms with Gasteiger partial charge >= 0.3 is 4.87 Å². The lowest BCUT2D eigenvalue weighted by Gasteiger charge is -2.19.